The number of methoxy groups -OCH3 is 1. The Labute approximate surface area is 130 Å². The molecule has 114 valence electrons. The molecule has 0 saturated carbocycles. The SMILES string of the molecule is COc1cccc2c1ccn2S(=O)(=O)c1ccsc1C(=O)O. The van der Waals surface area contributed by atoms with Crippen molar-refractivity contribution in [2.45, 2.75) is 4.90 Å². The number of rotatable bonds is 4. The predicted octanol–water partition coefficient (Wildman–Crippen LogP) is 2.65. The first-order valence-corrected chi connectivity index (χ1v) is 8.49. The van der Waals surface area contributed by atoms with Gasteiger partial charge in [0.1, 0.15) is 15.5 Å². The normalized spacial score (nSPS) is 11.7. The maximum atomic E-state index is 12.8. The second kappa shape index (κ2) is 5.15. The number of thiophene rings is 1. The summed E-state index contributed by atoms with van der Waals surface area (Å²) in [5.74, 6) is -0.710. The van der Waals surface area contributed by atoms with E-state index >= 15 is 0 Å². The lowest BCUT2D eigenvalue weighted by Crippen LogP contribution is -2.14. The molecule has 1 N–H and O–H groups in total. The third-order valence-corrected chi connectivity index (χ3v) is 6.00. The van der Waals surface area contributed by atoms with Crippen molar-refractivity contribution in [3.8, 4) is 5.75 Å². The molecule has 8 heteroatoms. The van der Waals surface area contributed by atoms with Gasteiger partial charge in [-0.15, -0.1) is 11.3 Å². The van der Waals surface area contributed by atoms with Crippen LogP contribution < -0.4 is 4.74 Å². The molecule has 0 aliphatic heterocycles. The number of hydrogen-bond acceptors (Lipinski definition) is 5. The van der Waals surface area contributed by atoms with Gasteiger partial charge in [0, 0.05) is 11.6 Å². The molecule has 0 spiro atoms. The lowest BCUT2D eigenvalue weighted by atomic mass is 10.2. The van der Waals surface area contributed by atoms with Crippen LogP contribution in [0.3, 0.4) is 0 Å². The number of aromatic carboxylic acids is 1. The molecular weight excluding hydrogens is 326 g/mol. The van der Waals surface area contributed by atoms with Crippen LogP contribution in [0.4, 0.5) is 0 Å². The Bertz CT molecular complexity index is 968. The van der Waals surface area contributed by atoms with Crippen LogP contribution in [0, 0.1) is 0 Å². The highest BCUT2D eigenvalue weighted by Crippen LogP contribution is 2.31. The first kappa shape index (κ1) is 14.6. The fourth-order valence-electron chi connectivity index (χ4n) is 2.26. The van der Waals surface area contributed by atoms with Crippen molar-refractivity contribution < 1.29 is 23.1 Å². The van der Waals surface area contributed by atoms with Gasteiger partial charge in [0.2, 0.25) is 0 Å². The number of ether oxygens (including phenoxy) is 1. The lowest BCUT2D eigenvalue weighted by molar-refractivity contribution is 0.0698. The van der Waals surface area contributed by atoms with Crippen molar-refractivity contribution in [3.63, 3.8) is 0 Å². The van der Waals surface area contributed by atoms with Gasteiger partial charge < -0.3 is 9.84 Å². The number of carboxylic acid groups (broad SMARTS) is 1. The molecular formula is C14H11NO5S2. The molecule has 3 aromatic rings. The van der Waals surface area contributed by atoms with Gasteiger partial charge >= 0.3 is 5.97 Å². The molecule has 2 heterocycles. The van der Waals surface area contributed by atoms with E-state index < -0.39 is 16.0 Å². The van der Waals surface area contributed by atoms with E-state index in [-0.39, 0.29) is 9.77 Å². The van der Waals surface area contributed by atoms with Crippen molar-refractivity contribution in [3.05, 3.63) is 46.8 Å². The van der Waals surface area contributed by atoms with Crippen LogP contribution in [0.1, 0.15) is 9.67 Å². The fourth-order valence-corrected chi connectivity index (χ4v) is 4.85. The van der Waals surface area contributed by atoms with Crippen LogP contribution in [-0.2, 0) is 10.0 Å². The Hall–Kier alpha value is -2.32. The number of carbonyl (C=O) groups is 1. The van der Waals surface area contributed by atoms with Gasteiger partial charge in [-0.05, 0) is 29.6 Å². The number of fused-ring (bicyclic) bond motifs is 1. The molecule has 1 aromatic carbocycles. The number of hydrogen-bond donors (Lipinski definition) is 1. The minimum Gasteiger partial charge on any atom is -0.496 e. The number of aromatic nitrogens is 1. The number of carboxylic acids is 1. The Balaban J connectivity index is 2.26. The highest BCUT2D eigenvalue weighted by molar-refractivity contribution is 7.90. The minimum atomic E-state index is -3.99. The summed E-state index contributed by atoms with van der Waals surface area (Å²) in [5, 5.41) is 11.2. The Morgan fingerprint density at radius 2 is 2.05 bits per heavy atom. The van der Waals surface area contributed by atoms with Gasteiger partial charge in [-0.25, -0.2) is 17.2 Å². The monoisotopic (exact) mass is 337 g/mol. The first-order chi connectivity index (χ1) is 10.5. The lowest BCUT2D eigenvalue weighted by Gasteiger charge is -2.08. The van der Waals surface area contributed by atoms with E-state index in [0.29, 0.717) is 16.7 Å². The summed E-state index contributed by atoms with van der Waals surface area (Å²) < 4.78 is 31.8. The molecule has 0 amide bonds. The number of nitrogens with zero attached hydrogens (tertiary/aromatic N) is 1. The molecule has 0 radical (unpaired) electrons. The molecule has 0 saturated heterocycles. The van der Waals surface area contributed by atoms with Gasteiger partial charge in [-0.2, -0.15) is 0 Å². The quantitative estimate of drug-likeness (QED) is 0.791. The van der Waals surface area contributed by atoms with E-state index in [9.17, 15) is 13.2 Å². The van der Waals surface area contributed by atoms with Crippen molar-refractivity contribution >= 4 is 38.2 Å². The molecule has 0 bridgehead atoms. The molecule has 22 heavy (non-hydrogen) atoms. The Kier molecular flexibility index (Phi) is 3.42. The average Bonchev–Trinajstić information content (AvgIpc) is 3.13. The van der Waals surface area contributed by atoms with Crippen LogP contribution >= 0.6 is 11.3 Å². The van der Waals surface area contributed by atoms with Crippen LogP contribution in [0.25, 0.3) is 10.9 Å². The molecule has 2 aromatic heterocycles. The third kappa shape index (κ3) is 2.08. The topological polar surface area (TPSA) is 85.6 Å². The molecule has 6 nitrogen and oxygen atoms in total. The molecule has 0 aliphatic carbocycles. The smallest absolute Gasteiger partial charge is 0.347 e. The van der Waals surface area contributed by atoms with Crippen LogP contribution in [0.2, 0.25) is 0 Å². The molecule has 0 aliphatic rings. The number of benzene rings is 1. The van der Waals surface area contributed by atoms with E-state index in [4.69, 9.17) is 9.84 Å². The summed E-state index contributed by atoms with van der Waals surface area (Å²) in [4.78, 5) is 10.8. The summed E-state index contributed by atoms with van der Waals surface area (Å²) in [6.45, 7) is 0. The largest absolute Gasteiger partial charge is 0.496 e. The maximum Gasteiger partial charge on any atom is 0.347 e. The summed E-state index contributed by atoms with van der Waals surface area (Å²) in [6.07, 6.45) is 1.39. The van der Waals surface area contributed by atoms with Gasteiger partial charge in [0.05, 0.1) is 12.6 Å². The maximum absolute atomic E-state index is 12.8. The zero-order valence-corrected chi connectivity index (χ0v) is 13.0. The zero-order chi connectivity index (χ0) is 15.9. The van der Waals surface area contributed by atoms with E-state index in [1.54, 1.807) is 24.3 Å². The van der Waals surface area contributed by atoms with Crippen molar-refractivity contribution in [2.75, 3.05) is 7.11 Å². The second-order valence-corrected chi connectivity index (χ2v) is 7.13. The average molecular weight is 337 g/mol. The highest BCUT2D eigenvalue weighted by atomic mass is 32.2. The van der Waals surface area contributed by atoms with Crippen molar-refractivity contribution in [1.82, 2.24) is 3.97 Å². The van der Waals surface area contributed by atoms with Gasteiger partial charge in [-0.1, -0.05) is 6.07 Å². The molecule has 0 fully saturated rings. The molecule has 0 unspecified atom stereocenters. The second-order valence-electron chi connectivity index (χ2n) is 4.43. The van der Waals surface area contributed by atoms with E-state index in [0.717, 1.165) is 15.3 Å². The summed E-state index contributed by atoms with van der Waals surface area (Å²) in [6, 6.07) is 7.97. The van der Waals surface area contributed by atoms with E-state index in [2.05, 4.69) is 0 Å². The van der Waals surface area contributed by atoms with Crippen LogP contribution in [-0.4, -0.2) is 30.6 Å². The van der Waals surface area contributed by atoms with E-state index in [1.165, 1.54) is 24.8 Å². The van der Waals surface area contributed by atoms with Crippen LogP contribution in [0.15, 0.2) is 46.8 Å². The summed E-state index contributed by atoms with van der Waals surface area (Å²) >= 11 is 0.878. The molecule has 3 rings (SSSR count). The highest BCUT2D eigenvalue weighted by Gasteiger charge is 2.26. The predicted molar refractivity (Wildman–Crippen MR) is 82.4 cm³/mol. The van der Waals surface area contributed by atoms with Crippen molar-refractivity contribution in [1.29, 1.82) is 0 Å². The van der Waals surface area contributed by atoms with Gasteiger partial charge in [-0.3, -0.25) is 0 Å². The summed E-state index contributed by atoms with van der Waals surface area (Å²) in [5.41, 5.74) is 0.432. The minimum absolute atomic E-state index is 0.204. The third-order valence-electron chi connectivity index (χ3n) is 3.24. The molecule has 0 atom stereocenters. The Morgan fingerprint density at radius 1 is 1.27 bits per heavy atom. The van der Waals surface area contributed by atoms with Gasteiger partial charge in [0.25, 0.3) is 10.0 Å². The van der Waals surface area contributed by atoms with E-state index in [1.807, 2.05) is 0 Å². The van der Waals surface area contributed by atoms with Crippen molar-refractivity contribution in [2.24, 2.45) is 0 Å². The standard InChI is InChI=1S/C14H11NO5S2/c1-20-11-4-2-3-10-9(11)5-7-15(10)22(18,19)12-6-8-21-13(12)14(16)17/h2-8H,1H3,(H,16,17). The van der Waals surface area contributed by atoms with Gasteiger partial charge in [0.15, 0.2) is 0 Å². The fraction of sp³-hybridized carbons (Fsp3) is 0.0714. The first-order valence-electron chi connectivity index (χ1n) is 6.17. The zero-order valence-electron chi connectivity index (χ0n) is 11.4. The summed E-state index contributed by atoms with van der Waals surface area (Å²) in [7, 11) is -2.49. The Morgan fingerprint density at radius 3 is 2.73 bits per heavy atom. The van der Waals surface area contributed by atoms with Crippen LogP contribution in [0.5, 0.6) is 5.75 Å².